The minimum Gasteiger partial charge on any atom is -0.490 e. The highest BCUT2D eigenvalue weighted by molar-refractivity contribution is 5.20. The van der Waals surface area contributed by atoms with Crippen molar-refractivity contribution in [2.45, 2.75) is 6.54 Å². The zero-order valence-corrected chi connectivity index (χ0v) is 9.95. The predicted molar refractivity (Wildman–Crippen MR) is 67.4 cm³/mol. The Morgan fingerprint density at radius 2 is 1.78 bits per heavy atom. The second-order valence-electron chi connectivity index (χ2n) is 3.54. The van der Waals surface area contributed by atoms with Crippen molar-refractivity contribution >= 4 is 0 Å². The summed E-state index contributed by atoms with van der Waals surface area (Å²) >= 11 is 0. The zero-order valence-electron chi connectivity index (χ0n) is 9.95. The Morgan fingerprint density at radius 3 is 2.56 bits per heavy atom. The van der Waals surface area contributed by atoms with Crippen molar-refractivity contribution in [1.82, 2.24) is 9.97 Å². The molecule has 94 valence electrons. The second-order valence-corrected chi connectivity index (χ2v) is 3.54. The van der Waals surface area contributed by atoms with Gasteiger partial charge < -0.3 is 15.2 Å². The van der Waals surface area contributed by atoms with E-state index >= 15 is 0 Å². The molecule has 0 saturated heterocycles. The van der Waals surface area contributed by atoms with Crippen LogP contribution in [0.3, 0.4) is 0 Å². The van der Waals surface area contributed by atoms with Gasteiger partial charge in [-0.25, -0.2) is 4.98 Å². The normalized spacial score (nSPS) is 10.1. The average molecular weight is 245 g/mol. The lowest BCUT2D eigenvalue weighted by molar-refractivity contribution is 0.205. The molecule has 0 amide bonds. The number of para-hydroxylation sites is 1. The molecule has 5 heteroatoms. The summed E-state index contributed by atoms with van der Waals surface area (Å²) in [6, 6.07) is 11.7. The number of hydrogen-bond acceptors (Lipinski definition) is 5. The molecular weight excluding hydrogens is 230 g/mol. The van der Waals surface area contributed by atoms with Crippen molar-refractivity contribution in [1.29, 1.82) is 0 Å². The van der Waals surface area contributed by atoms with Gasteiger partial charge in [-0.15, -0.1) is 0 Å². The molecule has 1 heterocycles. The summed E-state index contributed by atoms with van der Waals surface area (Å²) in [7, 11) is 0. The van der Waals surface area contributed by atoms with Gasteiger partial charge in [0.15, 0.2) is 0 Å². The van der Waals surface area contributed by atoms with Gasteiger partial charge in [0.2, 0.25) is 0 Å². The molecule has 0 aliphatic carbocycles. The van der Waals surface area contributed by atoms with Crippen LogP contribution in [0.15, 0.2) is 42.6 Å². The Kier molecular flexibility index (Phi) is 4.49. The molecule has 0 aliphatic heterocycles. The highest BCUT2D eigenvalue weighted by atomic mass is 16.5. The maximum atomic E-state index is 5.48. The molecule has 0 bridgehead atoms. The topological polar surface area (TPSA) is 70.3 Å². The van der Waals surface area contributed by atoms with Crippen molar-refractivity contribution in [3.8, 4) is 11.8 Å². The molecule has 0 saturated carbocycles. The molecule has 0 unspecified atom stereocenters. The molecule has 5 nitrogen and oxygen atoms in total. The highest BCUT2D eigenvalue weighted by Gasteiger charge is 1.99. The van der Waals surface area contributed by atoms with Crippen LogP contribution in [0.2, 0.25) is 0 Å². The van der Waals surface area contributed by atoms with E-state index in [1.807, 2.05) is 30.3 Å². The van der Waals surface area contributed by atoms with Gasteiger partial charge in [-0.2, -0.15) is 4.98 Å². The lowest BCUT2D eigenvalue weighted by Crippen LogP contribution is -2.11. The van der Waals surface area contributed by atoms with E-state index in [0.29, 0.717) is 25.8 Å². The first-order valence-electron chi connectivity index (χ1n) is 5.71. The fourth-order valence-electron chi connectivity index (χ4n) is 1.37. The molecule has 0 spiro atoms. The summed E-state index contributed by atoms with van der Waals surface area (Å²) in [6.45, 7) is 1.21. The minimum atomic E-state index is 0.328. The van der Waals surface area contributed by atoms with Crippen LogP contribution in [0, 0.1) is 0 Å². The lowest BCUT2D eigenvalue weighted by Gasteiger charge is -2.07. The third-order valence-electron chi connectivity index (χ3n) is 2.23. The Hall–Kier alpha value is -2.14. The number of ether oxygens (including phenoxy) is 2. The summed E-state index contributed by atoms with van der Waals surface area (Å²) in [5.41, 5.74) is 6.23. The highest BCUT2D eigenvalue weighted by Crippen LogP contribution is 2.08. The van der Waals surface area contributed by atoms with Gasteiger partial charge in [-0.1, -0.05) is 18.2 Å². The molecule has 2 rings (SSSR count). The maximum absolute atomic E-state index is 5.48. The van der Waals surface area contributed by atoms with Crippen LogP contribution in [0.25, 0.3) is 0 Å². The minimum absolute atomic E-state index is 0.328. The van der Waals surface area contributed by atoms with Gasteiger partial charge in [0.05, 0.1) is 5.69 Å². The molecule has 2 N–H and O–H groups in total. The molecule has 0 aliphatic rings. The van der Waals surface area contributed by atoms with Gasteiger partial charge in [0, 0.05) is 12.7 Å². The van der Waals surface area contributed by atoms with Gasteiger partial charge in [-0.05, 0) is 18.2 Å². The van der Waals surface area contributed by atoms with Gasteiger partial charge in [0.25, 0.3) is 0 Å². The van der Waals surface area contributed by atoms with Crippen molar-refractivity contribution < 1.29 is 9.47 Å². The summed E-state index contributed by atoms with van der Waals surface area (Å²) in [5.74, 6) is 0.817. The van der Waals surface area contributed by atoms with Gasteiger partial charge >= 0.3 is 6.01 Å². The first-order chi connectivity index (χ1) is 8.88. The standard InChI is InChI=1S/C13H15N3O2/c14-10-11-6-7-15-13(16-11)18-9-8-17-12-4-2-1-3-5-12/h1-7H,8-10,14H2. The van der Waals surface area contributed by atoms with E-state index in [-0.39, 0.29) is 0 Å². The summed E-state index contributed by atoms with van der Waals surface area (Å²) in [4.78, 5) is 8.11. The van der Waals surface area contributed by atoms with Crippen LogP contribution in [0.5, 0.6) is 11.8 Å². The van der Waals surface area contributed by atoms with E-state index in [1.54, 1.807) is 12.3 Å². The summed E-state index contributed by atoms with van der Waals surface area (Å²) in [6.07, 6.45) is 1.63. The van der Waals surface area contributed by atoms with E-state index < -0.39 is 0 Å². The Bertz CT molecular complexity index is 477. The van der Waals surface area contributed by atoms with E-state index in [0.717, 1.165) is 11.4 Å². The largest absolute Gasteiger partial charge is 0.490 e. The molecule has 2 aromatic rings. The maximum Gasteiger partial charge on any atom is 0.316 e. The van der Waals surface area contributed by atoms with Crippen LogP contribution in [0.4, 0.5) is 0 Å². The molecule has 1 aromatic carbocycles. The first kappa shape index (κ1) is 12.3. The molecule has 0 fully saturated rings. The van der Waals surface area contributed by atoms with Gasteiger partial charge in [0.1, 0.15) is 19.0 Å². The monoisotopic (exact) mass is 245 g/mol. The van der Waals surface area contributed by atoms with Crippen LogP contribution in [0.1, 0.15) is 5.69 Å². The number of nitrogens with zero attached hydrogens (tertiary/aromatic N) is 2. The van der Waals surface area contributed by atoms with Gasteiger partial charge in [-0.3, -0.25) is 0 Å². The quantitative estimate of drug-likeness (QED) is 0.779. The SMILES string of the molecule is NCc1ccnc(OCCOc2ccccc2)n1. The number of rotatable bonds is 6. The Balaban J connectivity index is 1.75. The molecule has 1 aromatic heterocycles. The number of aromatic nitrogens is 2. The predicted octanol–water partition coefficient (Wildman–Crippen LogP) is 1.39. The molecular formula is C13H15N3O2. The third-order valence-corrected chi connectivity index (χ3v) is 2.23. The number of nitrogens with two attached hydrogens (primary N) is 1. The van der Waals surface area contributed by atoms with Crippen molar-refractivity contribution in [2.24, 2.45) is 5.73 Å². The van der Waals surface area contributed by atoms with E-state index in [2.05, 4.69) is 9.97 Å². The first-order valence-corrected chi connectivity index (χ1v) is 5.71. The second kappa shape index (κ2) is 6.56. The van der Waals surface area contributed by atoms with Crippen molar-refractivity contribution in [2.75, 3.05) is 13.2 Å². The zero-order chi connectivity index (χ0) is 12.6. The van der Waals surface area contributed by atoms with E-state index in [4.69, 9.17) is 15.2 Å². The van der Waals surface area contributed by atoms with Crippen LogP contribution >= 0.6 is 0 Å². The fraction of sp³-hybridized carbons (Fsp3) is 0.231. The van der Waals surface area contributed by atoms with Crippen molar-refractivity contribution in [3.63, 3.8) is 0 Å². The number of benzene rings is 1. The number of hydrogen-bond donors (Lipinski definition) is 1. The Labute approximate surface area is 106 Å². The molecule has 0 atom stereocenters. The van der Waals surface area contributed by atoms with E-state index in [9.17, 15) is 0 Å². The molecule has 18 heavy (non-hydrogen) atoms. The third kappa shape index (κ3) is 3.71. The lowest BCUT2D eigenvalue weighted by atomic mass is 10.3. The fourth-order valence-corrected chi connectivity index (χ4v) is 1.37. The summed E-state index contributed by atoms with van der Waals surface area (Å²) < 4.78 is 10.8. The smallest absolute Gasteiger partial charge is 0.316 e. The van der Waals surface area contributed by atoms with E-state index in [1.165, 1.54) is 0 Å². The summed E-state index contributed by atoms with van der Waals surface area (Å²) in [5, 5.41) is 0. The Morgan fingerprint density at radius 1 is 1.00 bits per heavy atom. The van der Waals surface area contributed by atoms with Crippen LogP contribution in [-0.2, 0) is 6.54 Å². The van der Waals surface area contributed by atoms with Crippen LogP contribution < -0.4 is 15.2 Å². The molecule has 0 radical (unpaired) electrons. The average Bonchev–Trinajstić information content (AvgIpc) is 2.45. The van der Waals surface area contributed by atoms with Crippen LogP contribution in [-0.4, -0.2) is 23.2 Å². The van der Waals surface area contributed by atoms with Crippen molar-refractivity contribution in [3.05, 3.63) is 48.3 Å².